The van der Waals surface area contributed by atoms with Gasteiger partial charge in [0.2, 0.25) is 0 Å². The Balaban J connectivity index is 1.72. The molecule has 1 saturated heterocycles. The summed E-state index contributed by atoms with van der Waals surface area (Å²) in [5.74, 6) is 1.54. The monoisotopic (exact) mass is 219 g/mol. The molecule has 2 heterocycles. The quantitative estimate of drug-likeness (QED) is 0.844. The summed E-state index contributed by atoms with van der Waals surface area (Å²) in [6.07, 6.45) is 6.39. The number of rotatable bonds is 3. The van der Waals surface area contributed by atoms with E-state index in [1.54, 1.807) is 6.33 Å². The zero-order valence-electron chi connectivity index (χ0n) is 9.35. The maximum atomic E-state index is 5.37. The summed E-state index contributed by atoms with van der Waals surface area (Å²) in [7, 11) is 0. The molecule has 2 aliphatic rings. The lowest BCUT2D eigenvalue weighted by Crippen LogP contribution is -2.15. The van der Waals surface area contributed by atoms with Gasteiger partial charge in [0, 0.05) is 36.9 Å². The Morgan fingerprint density at radius 1 is 1.12 bits per heavy atom. The average Bonchev–Trinajstić information content (AvgIpc) is 3.15. The minimum absolute atomic E-state index is 0.552. The van der Waals surface area contributed by atoms with Crippen LogP contribution in [0, 0.1) is 0 Å². The van der Waals surface area contributed by atoms with Crippen molar-refractivity contribution < 1.29 is 4.74 Å². The van der Waals surface area contributed by atoms with E-state index in [2.05, 4.69) is 21.4 Å². The fourth-order valence-electron chi connectivity index (χ4n) is 2.10. The molecular formula is C12H17N3O. The fraction of sp³-hybridized carbons (Fsp3) is 0.667. The molecule has 16 heavy (non-hydrogen) atoms. The molecule has 0 unspecified atom stereocenters. The summed E-state index contributed by atoms with van der Waals surface area (Å²) in [5.41, 5.74) is 1.17. The molecular weight excluding hydrogens is 202 g/mol. The van der Waals surface area contributed by atoms with Crippen LogP contribution in [0.25, 0.3) is 0 Å². The lowest BCUT2D eigenvalue weighted by molar-refractivity contribution is 0.0845. The van der Waals surface area contributed by atoms with Gasteiger partial charge in [-0.3, -0.25) is 0 Å². The van der Waals surface area contributed by atoms with Crippen molar-refractivity contribution in [2.75, 3.05) is 18.5 Å². The van der Waals surface area contributed by atoms with Gasteiger partial charge in [-0.25, -0.2) is 9.97 Å². The van der Waals surface area contributed by atoms with E-state index in [-0.39, 0.29) is 0 Å². The van der Waals surface area contributed by atoms with Crippen LogP contribution in [0.2, 0.25) is 0 Å². The van der Waals surface area contributed by atoms with E-state index in [1.165, 1.54) is 18.5 Å². The molecule has 0 aromatic carbocycles. The summed E-state index contributed by atoms with van der Waals surface area (Å²) < 4.78 is 5.37. The van der Waals surface area contributed by atoms with Crippen molar-refractivity contribution in [3.8, 4) is 0 Å². The molecule has 1 aliphatic carbocycles. The highest BCUT2D eigenvalue weighted by molar-refractivity contribution is 5.38. The third kappa shape index (κ3) is 2.32. The van der Waals surface area contributed by atoms with Crippen LogP contribution in [0.4, 0.5) is 5.82 Å². The summed E-state index contributed by atoms with van der Waals surface area (Å²) in [6, 6.07) is 2.76. The van der Waals surface area contributed by atoms with Gasteiger partial charge in [-0.2, -0.15) is 0 Å². The minimum Gasteiger partial charge on any atom is -0.381 e. The maximum absolute atomic E-state index is 5.37. The second-order valence-electron chi connectivity index (χ2n) is 4.63. The van der Waals surface area contributed by atoms with Crippen LogP contribution < -0.4 is 5.32 Å². The van der Waals surface area contributed by atoms with E-state index in [1.807, 2.05) is 0 Å². The van der Waals surface area contributed by atoms with Gasteiger partial charge in [0.05, 0.1) is 0 Å². The number of aromatic nitrogens is 2. The first kappa shape index (κ1) is 10.0. The number of hydrogen-bond acceptors (Lipinski definition) is 4. The molecule has 3 rings (SSSR count). The number of nitrogens with zero attached hydrogens (tertiary/aromatic N) is 2. The molecule has 86 valence electrons. The highest BCUT2D eigenvalue weighted by atomic mass is 16.5. The maximum Gasteiger partial charge on any atom is 0.129 e. The van der Waals surface area contributed by atoms with E-state index < -0.39 is 0 Å². The Morgan fingerprint density at radius 3 is 2.69 bits per heavy atom. The van der Waals surface area contributed by atoms with Crippen LogP contribution in [0.15, 0.2) is 12.4 Å². The molecule has 1 aromatic rings. The van der Waals surface area contributed by atoms with E-state index in [0.717, 1.165) is 31.9 Å². The van der Waals surface area contributed by atoms with Gasteiger partial charge in [0.15, 0.2) is 0 Å². The van der Waals surface area contributed by atoms with Crippen LogP contribution in [-0.4, -0.2) is 29.2 Å². The molecule has 2 fully saturated rings. The van der Waals surface area contributed by atoms with Crippen LogP contribution in [0.3, 0.4) is 0 Å². The number of hydrogen-bond donors (Lipinski definition) is 1. The molecule has 0 atom stereocenters. The van der Waals surface area contributed by atoms with Crippen molar-refractivity contribution in [2.24, 2.45) is 0 Å². The molecule has 0 radical (unpaired) electrons. The molecule has 0 amide bonds. The molecule has 1 saturated carbocycles. The fourth-order valence-corrected chi connectivity index (χ4v) is 2.10. The molecule has 1 aromatic heterocycles. The Labute approximate surface area is 95.4 Å². The van der Waals surface area contributed by atoms with Gasteiger partial charge in [-0.1, -0.05) is 0 Å². The molecule has 4 heteroatoms. The second kappa shape index (κ2) is 4.37. The van der Waals surface area contributed by atoms with E-state index >= 15 is 0 Å². The van der Waals surface area contributed by atoms with Gasteiger partial charge in [-0.15, -0.1) is 0 Å². The lowest BCUT2D eigenvalue weighted by atomic mass is 9.96. The predicted octanol–water partition coefficient (Wildman–Crippen LogP) is 1.94. The van der Waals surface area contributed by atoms with Crippen molar-refractivity contribution in [2.45, 2.75) is 37.6 Å². The Bertz CT molecular complexity index is 359. The Morgan fingerprint density at radius 2 is 1.94 bits per heavy atom. The SMILES string of the molecule is c1nc(NC2CC2)cc(C2CCOCC2)n1. The zero-order chi connectivity index (χ0) is 10.8. The van der Waals surface area contributed by atoms with Gasteiger partial charge in [0.1, 0.15) is 12.1 Å². The lowest BCUT2D eigenvalue weighted by Gasteiger charge is -2.21. The average molecular weight is 219 g/mol. The first-order valence-electron chi connectivity index (χ1n) is 6.08. The summed E-state index contributed by atoms with van der Waals surface area (Å²) in [6.45, 7) is 1.72. The van der Waals surface area contributed by atoms with Crippen molar-refractivity contribution in [3.05, 3.63) is 18.1 Å². The molecule has 0 bridgehead atoms. The first-order chi connectivity index (χ1) is 7.92. The predicted molar refractivity (Wildman–Crippen MR) is 61.5 cm³/mol. The van der Waals surface area contributed by atoms with E-state index in [0.29, 0.717) is 12.0 Å². The summed E-state index contributed by atoms with van der Waals surface area (Å²) in [4.78, 5) is 8.65. The molecule has 4 nitrogen and oxygen atoms in total. The van der Waals surface area contributed by atoms with Crippen LogP contribution >= 0.6 is 0 Å². The Kier molecular flexibility index (Phi) is 2.74. The minimum atomic E-state index is 0.552. The highest BCUT2D eigenvalue weighted by Gasteiger charge is 2.22. The zero-order valence-corrected chi connectivity index (χ0v) is 9.35. The van der Waals surface area contributed by atoms with Gasteiger partial charge >= 0.3 is 0 Å². The van der Waals surface area contributed by atoms with Crippen molar-refractivity contribution >= 4 is 5.82 Å². The van der Waals surface area contributed by atoms with Gasteiger partial charge in [0.25, 0.3) is 0 Å². The molecule has 0 spiro atoms. The van der Waals surface area contributed by atoms with Crippen LogP contribution in [0.1, 0.15) is 37.3 Å². The summed E-state index contributed by atoms with van der Waals surface area (Å²) in [5, 5.41) is 3.41. The van der Waals surface area contributed by atoms with Gasteiger partial charge in [-0.05, 0) is 25.7 Å². The number of ether oxygens (including phenoxy) is 1. The molecule has 1 N–H and O–H groups in total. The summed E-state index contributed by atoms with van der Waals surface area (Å²) >= 11 is 0. The Hall–Kier alpha value is -1.16. The van der Waals surface area contributed by atoms with Crippen molar-refractivity contribution in [1.82, 2.24) is 9.97 Å². The highest BCUT2D eigenvalue weighted by Crippen LogP contribution is 2.28. The third-order valence-electron chi connectivity index (χ3n) is 3.26. The van der Waals surface area contributed by atoms with Crippen molar-refractivity contribution in [3.63, 3.8) is 0 Å². The molecule has 1 aliphatic heterocycles. The van der Waals surface area contributed by atoms with Crippen LogP contribution in [-0.2, 0) is 4.74 Å². The number of anilines is 1. The standard InChI is InChI=1S/C12H17N3O/c1-2-10(1)15-12-7-11(13-8-14-12)9-3-5-16-6-4-9/h7-10H,1-6H2,(H,13,14,15). The smallest absolute Gasteiger partial charge is 0.129 e. The first-order valence-corrected chi connectivity index (χ1v) is 6.08. The second-order valence-corrected chi connectivity index (χ2v) is 4.63. The third-order valence-corrected chi connectivity index (χ3v) is 3.26. The van der Waals surface area contributed by atoms with E-state index in [9.17, 15) is 0 Å². The number of nitrogens with one attached hydrogen (secondary N) is 1. The van der Waals surface area contributed by atoms with Gasteiger partial charge < -0.3 is 10.1 Å². The topological polar surface area (TPSA) is 47.0 Å². The normalized spacial score (nSPS) is 22.0. The largest absolute Gasteiger partial charge is 0.381 e. The van der Waals surface area contributed by atoms with E-state index in [4.69, 9.17) is 4.74 Å². The van der Waals surface area contributed by atoms with Crippen molar-refractivity contribution in [1.29, 1.82) is 0 Å². The van der Waals surface area contributed by atoms with Crippen LogP contribution in [0.5, 0.6) is 0 Å².